The molecule has 0 unspecified atom stereocenters. The first-order chi connectivity index (χ1) is 11.9. The largest absolute Gasteiger partial charge is 0.341 e. The lowest BCUT2D eigenvalue weighted by Crippen LogP contribution is -2.22. The molecule has 1 aliphatic heterocycles. The van der Waals surface area contributed by atoms with Gasteiger partial charge in [-0.1, -0.05) is 29.4 Å². The SMILES string of the molecule is NS(=O)(=O)CCCSc1nnc(N2CCCC2)n1-c1cccc(Cl)c1. The molecule has 0 radical (unpaired) electrons. The highest BCUT2D eigenvalue weighted by atomic mass is 35.5. The lowest BCUT2D eigenvalue weighted by Gasteiger charge is -2.18. The van der Waals surface area contributed by atoms with E-state index in [2.05, 4.69) is 15.1 Å². The number of hydrogen-bond donors (Lipinski definition) is 1. The molecule has 0 amide bonds. The maximum atomic E-state index is 11.1. The molecule has 0 atom stereocenters. The van der Waals surface area contributed by atoms with Crippen LogP contribution in [0.3, 0.4) is 0 Å². The van der Waals surface area contributed by atoms with Gasteiger partial charge in [-0.05, 0) is 37.5 Å². The van der Waals surface area contributed by atoms with Crippen molar-refractivity contribution in [3.05, 3.63) is 29.3 Å². The highest BCUT2D eigenvalue weighted by Gasteiger charge is 2.22. The van der Waals surface area contributed by atoms with Gasteiger partial charge in [0, 0.05) is 23.9 Å². The number of anilines is 1. The fourth-order valence-electron chi connectivity index (χ4n) is 2.74. The maximum absolute atomic E-state index is 11.1. The Balaban J connectivity index is 1.84. The number of nitrogens with zero attached hydrogens (tertiary/aromatic N) is 4. The molecule has 1 saturated heterocycles. The summed E-state index contributed by atoms with van der Waals surface area (Å²) in [5, 5.41) is 15.1. The van der Waals surface area contributed by atoms with Gasteiger partial charge in [0.05, 0.1) is 11.4 Å². The van der Waals surface area contributed by atoms with Crippen LogP contribution in [0, 0.1) is 0 Å². The normalized spacial score (nSPS) is 15.0. The Morgan fingerprint density at radius 2 is 2.00 bits per heavy atom. The zero-order chi connectivity index (χ0) is 17.9. The number of aromatic nitrogens is 3. The van der Waals surface area contributed by atoms with Crippen molar-refractivity contribution in [3.8, 4) is 5.69 Å². The predicted octanol–water partition coefficient (Wildman–Crippen LogP) is 2.29. The van der Waals surface area contributed by atoms with E-state index in [4.69, 9.17) is 16.7 Å². The van der Waals surface area contributed by atoms with Gasteiger partial charge in [-0.25, -0.2) is 13.6 Å². The molecule has 1 aromatic heterocycles. The standard InChI is InChI=1S/C15H20ClN5O2S2/c16-12-5-3-6-13(11-12)21-14(20-7-1-2-8-20)18-19-15(21)24-9-4-10-25(17,22)23/h3,5-6,11H,1-2,4,7-10H2,(H2,17,22,23). The molecule has 2 aromatic rings. The molecule has 0 spiro atoms. The van der Waals surface area contributed by atoms with Crippen molar-refractivity contribution >= 4 is 39.3 Å². The number of benzene rings is 1. The average Bonchev–Trinajstić information content (AvgIpc) is 3.19. The predicted molar refractivity (Wildman–Crippen MR) is 101 cm³/mol. The van der Waals surface area contributed by atoms with E-state index in [1.807, 2.05) is 28.8 Å². The summed E-state index contributed by atoms with van der Waals surface area (Å²) in [5.74, 6) is 1.35. The molecule has 1 aromatic carbocycles. The fourth-order valence-corrected chi connectivity index (χ4v) is 4.54. The van der Waals surface area contributed by atoms with Crippen molar-refractivity contribution in [3.63, 3.8) is 0 Å². The molecule has 0 aliphatic carbocycles. The smallest absolute Gasteiger partial charge is 0.232 e. The molecule has 2 heterocycles. The Morgan fingerprint density at radius 1 is 1.24 bits per heavy atom. The van der Waals surface area contributed by atoms with Crippen LogP contribution in [0.5, 0.6) is 0 Å². The van der Waals surface area contributed by atoms with E-state index in [-0.39, 0.29) is 5.75 Å². The molecule has 0 saturated carbocycles. The van der Waals surface area contributed by atoms with Gasteiger partial charge < -0.3 is 4.90 Å². The van der Waals surface area contributed by atoms with Gasteiger partial charge in [-0.15, -0.1) is 10.2 Å². The van der Waals surface area contributed by atoms with E-state index in [0.29, 0.717) is 17.2 Å². The Labute approximate surface area is 156 Å². The van der Waals surface area contributed by atoms with Crippen LogP contribution >= 0.6 is 23.4 Å². The van der Waals surface area contributed by atoms with Crippen LogP contribution < -0.4 is 10.0 Å². The highest BCUT2D eigenvalue weighted by Crippen LogP contribution is 2.29. The molecule has 1 aliphatic rings. The van der Waals surface area contributed by atoms with Crippen LogP contribution in [-0.4, -0.2) is 47.8 Å². The minimum atomic E-state index is -3.44. The van der Waals surface area contributed by atoms with Crippen molar-refractivity contribution in [1.82, 2.24) is 14.8 Å². The molecule has 136 valence electrons. The van der Waals surface area contributed by atoms with E-state index in [0.717, 1.165) is 42.7 Å². The molecule has 1 fully saturated rings. The van der Waals surface area contributed by atoms with Crippen molar-refractivity contribution in [2.45, 2.75) is 24.4 Å². The summed E-state index contributed by atoms with van der Waals surface area (Å²) in [7, 11) is -3.44. The van der Waals surface area contributed by atoms with Gasteiger partial charge in [-0.2, -0.15) is 0 Å². The van der Waals surface area contributed by atoms with E-state index >= 15 is 0 Å². The second kappa shape index (κ2) is 7.94. The lowest BCUT2D eigenvalue weighted by molar-refractivity contribution is 0.596. The van der Waals surface area contributed by atoms with Gasteiger partial charge in [-0.3, -0.25) is 4.57 Å². The highest BCUT2D eigenvalue weighted by molar-refractivity contribution is 7.99. The number of rotatable bonds is 7. The topological polar surface area (TPSA) is 94.1 Å². The number of thioether (sulfide) groups is 1. The second-order valence-electron chi connectivity index (χ2n) is 5.86. The molecule has 3 rings (SSSR count). The summed E-state index contributed by atoms with van der Waals surface area (Å²) in [6, 6.07) is 7.55. The Bertz CT molecular complexity index is 834. The van der Waals surface area contributed by atoms with Crippen LogP contribution in [0.1, 0.15) is 19.3 Å². The monoisotopic (exact) mass is 401 g/mol. The number of sulfonamides is 1. The molecule has 0 bridgehead atoms. The molecule has 10 heteroatoms. The van der Waals surface area contributed by atoms with Crippen LogP contribution in [0.2, 0.25) is 5.02 Å². The number of primary sulfonamides is 1. The van der Waals surface area contributed by atoms with E-state index in [1.165, 1.54) is 11.8 Å². The van der Waals surface area contributed by atoms with Gasteiger partial charge in [0.15, 0.2) is 5.16 Å². The van der Waals surface area contributed by atoms with Crippen molar-refractivity contribution in [1.29, 1.82) is 0 Å². The third-order valence-electron chi connectivity index (χ3n) is 3.88. The number of hydrogen-bond acceptors (Lipinski definition) is 6. The van der Waals surface area contributed by atoms with Gasteiger partial charge in [0.1, 0.15) is 0 Å². The quantitative estimate of drug-likeness (QED) is 0.565. The zero-order valence-electron chi connectivity index (χ0n) is 13.6. The van der Waals surface area contributed by atoms with Crippen molar-refractivity contribution in [2.75, 3.05) is 29.5 Å². The Kier molecular flexibility index (Phi) is 5.88. The van der Waals surface area contributed by atoms with Crippen LogP contribution in [-0.2, 0) is 10.0 Å². The molecule has 7 nitrogen and oxygen atoms in total. The van der Waals surface area contributed by atoms with Crippen LogP contribution in [0.4, 0.5) is 5.95 Å². The summed E-state index contributed by atoms with van der Waals surface area (Å²) in [4.78, 5) is 2.21. The van der Waals surface area contributed by atoms with E-state index in [1.54, 1.807) is 0 Å². The van der Waals surface area contributed by atoms with Gasteiger partial charge >= 0.3 is 0 Å². The maximum Gasteiger partial charge on any atom is 0.232 e. The summed E-state index contributed by atoms with van der Waals surface area (Å²) in [6.07, 6.45) is 2.74. The average molecular weight is 402 g/mol. The number of nitrogens with two attached hydrogens (primary N) is 1. The first-order valence-electron chi connectivity index (χ1n) is 8.03. The number of halogens is 1. The first-order valence-corrected chi connectivity index (χ1v) is 11.1. The van der Waals surface area contributed by atoms with Crippen molar-refractivity contribution < 1.29 is 8.42 Å². The van der Waals surface area contributed by atoms with E-state index in [9.17, 15) is 8.42 Å². The Morgan fingerprint density at radius 3 is 2.68 bits per heavy atom. The minimum Gasteiger partial charge on any atom is -0.341 e. The Hall–Kier alpha value is -1.29. The van der Waals surface area contributed by atoms with Gasteiger partial charge in [0.2, 0.25) is 16.0 Å². The van der Waals surface area contributed by atoms with Crippen LogP contribution in [0.25, 0.3) is 5.69 Å². The summed E-state index contributed by atoms with van der Waals surface area (Å²) < 4.78 is 24.1. The minimum absolute atomic E-state index is 0.0374. The summed E-state index contributed by atoms with van der Waals surface area (Å²) in [6.45, 7) is 1.91. The molecular weight excluding hydrogens is 382 g/mol. The van der Waals surface area contributed by atoms with Gasteiger partial charge in [0.25, 0.3) is 0 Å². The third-order valence-corrected chi connectivity index (χ3v) is 5.98. The second-order valence-corrected chi connectivity index (χ2v) is 9.09. The molecular formula is C15H20ClN5O2S2. The first kappa shape index (κ1) is 18.5. The summed E-state index contributed by atoms with van der Waals surface area (Å²) >= 11 is 7.62. The molecule has 25 heavy (non-hydrogen) atoms. The zero-order valence-corrected chi connectivity index (χ0v) is 16.0. The fraction of sp³-hybridized carbons (Fsp3) is 0.467. The third kappa shape index (κ3) is 4.87. The molecule has 2 N–H and O–H groups in total. The van der Waals surface area contributed by atoms with Crippen molar-refractivity contribution in [2.24, 2.45) is 5.14 Å². The summed E-state index contributed by atoms with van der Waals surface area (Å²) in [5.41, 5.74) is 0.897. The lowest BCUT2D eigenvalue weighted by atomic mass is 10.3. The van der Waals surface area contributed by atoms with E-state index < -0.39 is 10.0 Å². The van der Waals surface area contributed by atoms with Crippen LogP contribution in [0.15, 0.2) is 29.4 Å².